The third kappa shape index (κ3) is 9.68. The molecule has 0 bridgehead atoms. The first-order valence-electron chi connectivity index (χ1n) is 14.2. The van der Waals surface area contributed by atoms with E-state index in [1.165, 1.54) is 13.8 Å². The lowest BCUT2D eigenvalue weighted by atomic mass is 9.87. The number of Topliss-reactive ketones (excluding diaryl/α,β-unsaturated/α-hetero) is 1. The molecule has 2 aromatic carbocycles. The summed E-state index contributed by atoms with van der Waals surface area (Å²) >= 11 is 1.55. The lowest BCUT2D eigenvalue weighted by Gasteiger charge is -2.47. The first kappa shape index (κ1) is 34.4. The fraction of sp³-hybridized carbons (Fsp3) is 0.484. The highest BCUT2D eigenvalue weighted by Gasteiger charge is 2.53. The van der Waals surface area contributed by atoms with E-state index in [2.05, 4.69) is 10.6 Å². The van der Waals surface area contributed by atoms with Crippen molar-refractivity contribution >= 4 is 35.6 Å². The minimum atomic E-state index is -1.92. The Labute approximate surface area is 255 Å². The second kappa shape index (κ2) is 16.6. The molecule has 6 atom stereocenters. The van der Waals surface area contributed by atoms with Crippen molar-refractivity contribution in [1.29, 1.82) is 0 Å². The first-order valence-corrected chi connectivity index (χ1v) is 15.3. The van der Waals surface area contributed by atoms with Crippen molar-refractivity contribution in [1.82, 2.24) is 10.6 Å². The number of hydrogen-bond donors (Lipinski definition) is 5. The molecule has 234 valence electrons. The lowest BCUT2D eigenvalue weighted by molar-refractivity contribution is -0.301. The molecular formula is C31H40N2O9S. The van der Waals surface area contributed by atoms with Gasteiger partial charge in [0.25, 0.3) is 5.91 Å². The van der Waals surface area contributed by atoms with Gasteiger partial charge < -0.3 is 40.2 Å². The summed E-state index contributed by atoms with van der Waals surface area (Å²) in [6, 6.07) is 15.4. The molecule has 1 saturated heterocycles. The van der Waals surface area contributed by atoms with E-state index in [9.17, 15) is 34.5 Å². The molecule has 1 heterocycles. The maximum absolute atomic E-state index is 12.8. The van der Waals surface area contributed by atoms with Crippen molar-refractivity contribution in [3.8, 4) is 11.1 Å². The number of hydrogen-bond acceptors (Lipinski definition) is 10. The molecule has 1 aliphatic rings. The second-order valence-electron chi connectivity index (χ2n) is 10.4. The van der Waals surface area contributed by atoms with Gasteiger partial charge >= 0.3 is 0 Å². The Hall–Kier alpha value is -3.13. The molecule has 0 saturated carbocycles. The normalized spacial score (nSPS) is 23.1. The van der Waals surface area contributed by atoms with Gasteiger partial charge in [0.1, 0.15) is 18.5 Å². The molecule has 12 heteroatoms. The Morgan fingerprint density at radius 1 is 1.07 bits per heavy atom. The molecule has 0 spiro atoms. The number of ether oxygens (including phenoxy) is 2. The van der Waals surface area contributed by atoms with Gasteiger partial charge in [-0.3, -0.25) is 14.4 Å². The highest BCUT2D eigenvalue weighted by atomic mass is 32.2. The fourth-order valence-electron chi connectivity index (χ4n) is 4.79. The van der Waals surface area contributed by atoms with E-state index in [0.717, 1.165) is 17.4 Å². The molecule has 0 aliphatic carbocycles. The molecule has 2 aromatic rings. The zero-order valence-corrected chi connectivity index (χ0v) is 25.1. The average molecular weight is 617 g/mol. The van der Waals surface area contributed by atoms with Crippen LogP contribution in [-0.2, 0) is 23.9 Å². The number of aliphatic hydroxyl groups excluding tert-OH is 3. The van der Waals surface area contributed by atoms with Gasteiger partial charge in [0, 0.05) is 38.8 Å². The summed E-state index contributed by atoms with van der Waals surface area (Å²) in [6.07, 6.45) is -4.62. The van der Waals surface area contributed by atoms with Gasteiger partial charge in [-0.1, -0.05) is 42.5 Å². The van der Waals surface area contributed by atoms with Gasteiger partial charge in [0.15, 0.2) is 5.78 Å². The van der Waals surface area contributed by atoms with E-state index >= 15 is 0 Å². The van der Waals surface area contributed by atoms with Crippen molar-refractivity contribution in [3.05, 3.63) is 60.2 Å². The van der Waals surface area contributed by atoms with E-state index in [4.69, 9.17) is 9.47 Å². The number of benzene rings is 2. The molecule has 1 aliphatic heterocycles. The zero-order valence-electron chi connectivity index (χ0n) is 24.3. The summed E-state index contributed by atoms with van der Waals surface area (Å²) in [6.45, 7) is 2.17. The Bertz CT molecular complexity index is 1210. The summed E-state index contributed by atoms with van der Waals surface area (Å²) in [5.41, 5.74) is 2.27. The number of amides is 2. The van der Waals surface area contributed by atoms with Gasteiger partial charge in [-0.05, 0) is 41.2 Å². The van der Waals surface area contributed by atoms with E-state index in [-0.39, 0.29) is 19.6 Å². The summed E-state index contributed by atoms with van der Waals surface area (Å²) in [5, 5.41) is 38.0. The predicted octanol–water partition coefficient (Wildman–Crippen LogP) is 1.47. The maximum atomic E-state index is 12.8. The van der Waals surface area contributed by atoms with Crippen LogP contribution in [0.3, 0.4) is 0 Å². The number of nitrogens with one attached hydrogen (secondary N) is 2. The van der Waals surface area contributed by atoms with Crippen LogP contribution in [0.2, 0.25) is 0 Å². The van der Waals surface area contributed by atoms with Crippen LogP contribution in [0.15, 0.2) is 54.6 Å². The first-order chi connectivity index (χ1) is 20.6. The molecule has 2 amide bonds. The minimum absolute atomic E-state index is 0.0929. The minimum Gasteiger partial charge on any atom is -0.391 e. The molecule has 1 fully saturated rings. The molecule has 0 radical (unpaired) electrons. The average Bonchev–Trinajstić information content (AvgIpc) is 3.00. The van der Waals surface area contributed by atoms with Crippen molar-refractivity contribution < 1.29 is 44.0 Å². The standard InChI is InChI=1S/C31H40N2O9S/c1-20(35)31(41-15-7-17-43-16-6-14-34)18-25(37)27(33-21(2)36)29(42-31)28(39)26(38)19-32-30(40)24-12-10-23(11-13-24)22-8-4-3-5-9-22/h3-5,8-14,25-29,37-39H,6-7,15-19H2,1-2H3,(H,32,40)(H,33,36)/t25?,26-,27-,28-,29?,31-/m1/s1. The smallest absolute Gasteiger partial charge is 0.251 e. The van der Waals surface area contributed by atoms with Crippen LogP contribution in [0.5, 0.6) is 0 Å². The number of carbonyl (C=O) groups is 4. The number of rotatable bonds is 16. The molecule has 2 unspecified atom stereocenters. The van der Waals surface area contributed by atoms with Crippen molar-refractivity contribution in [3.63, 3.8) is 0 Å². The van der Waals surface area contributed by atoms with Crippen LogP contribution in [0.4, 0.5) is 0 Å². The van der Waals surface area contributed by atoms with Gasteiger partial charge in [0.2, 0.25) is 11.7 Å². The van der Waals surface area contributed by atoms with Crippen LogP contribution >= 0.6 is 11.8 Å². The van der Waals surface area contributed by atoms with Crippen LogP contribution < -0.4 is 10.6 Å². The molecule has 3 rings (SSSR count). The van der Waals surface area contributed by atoms with Crippen LogP contribution in [0, 0.1) is 0 Å². The fourth-order valence-corrected chi connectivity index (χ4v) is 5.58. The molecule has 0 aromatic heterocycles. The van der Waals surface area contributed by atoms with Gasteiger partial charge in [0.05, 0.1) is 24.9 Å². The highest BCUT2D eigenvalue weighted by Crippen LogP contribution is 2.34. The molecule has 11 nitrogen and oxygen atoms in total. The number of aliphatic hydroxyl groups is 3. The van der Waals surface area contributed by atoms with Crippen molar-refractivity contribution in [2.75, 3.05) is 24.7 Å². The van der Waals surface area contributed by atoms with Crippen LogP contribution in [0.25, 0.3) is 11.1 Å². The van der Waals surface area contributed by atoms with Gasteiger partial charge in [-0.25, -0.2) is 0 Å². The summed E-state index contributed by atoms with van der Waals surface area (Å²) in [7, 11) is 0. The second-order valence-corrected chi connectivity index (χ2v) is 11.6. The summed E-state index contributed by atoms with van der Waals surface area (Å²) < 4.78 is 11.8. The van der Waals surface area contributed by atoms with Crippen molar-refractivity contribution in [2.24, 2.45) is 0 Å². The Morgan fingerprint density at radius 2 is 1.74 bits per heavy atom. The third-order valence-corrected chi connectivity index (χ3v) is 8.19. The number of carbonyl (C=O) groups excluding carboxylic acids is 4. The lowest BCUT2D eigenvalue weighted by Crippen LogP contribution is -2.67. The monoisotopic (exact) mass is 616 g/mol. The zero-order chi connectivity index (χ0) is 31.4. The summed E-state index contributed by atoms with van der Waals surface area (Å²) in [4.78, 5) is 47.9. The van der Waals surface area contributed by atoms with Crippen LogP contribution in [0.1, 0.15) is 43.5 Å². The van der Waals surface area contributed by atoms with E-state index in [0.29, 0.717) is 29.9 Å². The Morgan fingerprint density at radius 3 is 2.37 bits per heavy atom. The highest BCUT2D eigenvalue weighted by molar-refractivity contribution is 7.99. The molecule has 5 N–H and O–H groups in total. The quantitative estimate of drug-likeness (QED) is 0.137. The number of thioether (sulfide) groups is 1. The largest absolute Gasteiger partial charge is 0.391 e. The predicted molar refractivity (Wildman–Crippen MR) is 161 cm³/mol. The molecular weight excluding hydrogens is 576 g/mol. The Kier molecular flexibility index (Phi) is 13.3. The third-order valence-electron chi connectivity index (χ3n) is 7.08. The van der Waals surface area contributed by atoms with Gasteiger partial charge in [-0.2, -0.15) is 11.8 Å². The topological polar surface area (TPSA) is 171 Å². The number of aldehydes is 1. The van der Waals surface area contributed by atoms with E-state index in [1.807, 2.05) is 30.3 Å². The van der Waals surface area contributed by atoms with Gasteiger partial charge in [-0.15, -0.1) is 0 Å². The Balaban J connectivity index is 1.66. The van der Waals surface area contributed by atoms with Crippen LogP contribution in [-0.4, -0.2) is 100 Å². The number of ketones is 1. The summed E-state index contributed by atoms with van der Waals surface area (Å²) in [5.74, 6) is -2.15. The maximum Gasteiger partial charge on any atom is 0.251 e. The molecule has 43 heavy (non-hydrogen) atoms. The van der Waals surface area contributed by atoms with E-state index in [1.54, 1.807) is 36.0 Å². The SMILES string of the molecule is CC(=O)N[C@@H]1C(O)C[C@](OCCCSCCC=O)(C(C)=O)OC1[C@H](O)[C@H](O)CNC(=O)c1ccc(-c2ccccc2)cc1. The van der Waals surface area contributed by atoms with Crippen molar-refractivity contribution in [2.45, 2.75) is 69.4 Å². The van der Waals surface area contributed by atoms with E-state index < -0.39 is 53.8 Å².